The highest BCUT2D eigenvalue weighted by atomic mass is 32.2. The number of nitrogens with one attached hydrogen (secondary N) is 1. The van der Waals surface area contributed by atoms with Gasteiger partial charge in [-0.05, 0) is 71.8 Å². The minimum Gasteiger partial charge on any atom is -0.497 e. The number of hydrogen-bond donors (Lipinski definition) is 1. The van der Waals surface area contributed by atoms with Crippen LogP contribution in [0.2, 0.25) is 0 Å². The van der Waals surface area contributed by atoms with Crippen molar-refractivity contribution in [2.24, 2.45) is 5.10 Å². The van der Waals surface area contributed by atoms with E-state index in [4.69, 9.17) is 14.2 Å². The van der Waals surface area contributed by atoms with Gasteiger partial charge in [-0.1, -0.05) is 18.2 Å². The Kier molecular flexibility index (Phi) is 9.91. The first kappa shape index (κ1) is 30.5. The predicted octanol–water partition coefficient (Wildman–Crippen LogP) is 4.54. The van der Waals surface area contributed by atoms with E-state index >= 15 is 0 Å². The third kappa shape index (κ3) is 7.86. The average molecular weight is 605 g/mol. The van der Waals surface area contributed by atoms with Gasteiger partial charge in [-0.3, -0.25) is 19.2 Å². The summed E-state index contributed by atoms with van der Waals surface area (Å²) in [5.74, 6) is 0.479. The zero-order valence-corrected chi connectivity index (χ0v) is 24.1. The van der Waals surface area contributed by atoms with Crippen LogP contribution in [0.25, 0.3) is 0 Å². The zero-order chi connectivity index (χ0) is 30.8. The number of rotatable bonds is 13. The molecule has 0 bridgehead atoms. The molecular formula is C30H28N4O8S. The van der Waals surface area contributed by atoms with E-state index in [1.165, 1.54) is 50.8 Å². The van der Waals surface area contributed by atoms with E-state index in [9.17, 15) is 23.3 Å². The number of non-ortho nitro benzene ring substituents is 1. The molecule has 0 spiro atoms. The van der Waals surface area contributed by atoms with Gasteiger partial charge in [-0.25, -0.2) is 13.8 Å². The molecule has 43 heavy (non-hydrogen) atoms. The lowest BCUT2D eigenvalue weighted by Gasteiger charge is -2.25. The minimum atomic E-state index is -4.18. The number of nitro groups is 1. The average Bonchev–Trinajstić information content (AvgIpc) is 3.03. The molecule has 4 aromatic rings. The number of nitro benzene ring substituents is 1. The Bertz CT molecular complexity index is 1690. The Balaban J connectivity index is 1.43. The lowest BCUT2D eigenvalue weighted by Crippen LogP contribution is -2.39. The summed E-state index contributed by atoms with van der Waals surface area (Å²) < 4.78 is 44.5. The van der Waals surface area contributed by atoms with E-state index < -0.39 is 27.4 Å². The number of ether oxygens (including phenoxy) is 3. The highest BCUT2D eigenvalue weighted by Crippen LogP contribution is 2.35. The van der Waals surface area contributed by atoms with Gasteiger partial charge in [0.2, 0.25) is 0 Å². The molecule has 0 fully saturated rings. The fraction of sp³-hybridized carbons (Fsp3) is 0.133. The Morgan fingerprint density at radius 3 is 2.23 bits per heavy atom. The summed E-state index contributed by atoms with van der Waals surface area (Å²) in [4.78, 5) is 23.2. The van der Waals surface area contributed by atoms with Crippen LogP contribution in [-0.4, -0.2) is 46.2 Å². The molecule has 4 rings (SSSR count). The number of carbonyl (C=O) groups is 1. The van der Waals surface area contributed by atoms with Crippen LogP contribution in [0.5, 0.6) is 17.2 Å². The normalized spacial score (nSPS) is 11.1. The summed E-state index contributed by atoms with van der Waals surface area (Å²) in [6.07, 6.45) is 1.40. The van der Waals surface area contributed by atoms with Gasteiger partial charge in [0.15, 0.2) is 0 Å². The van der Waals surface area contributed by atoms with Gasteiger partial charge in [-0.15, -0.1) is 0 Å². The van der Waals surface area contributed by atoms with Crippen molar-refractivity contribution in [2.75, 3.05) is 25.1 Å². The highest BCUT2D eigenvalue weighted by molar-refractivity contribution is 7.92. The maximum Gasteiger partial charge on any atom is 0.269 e. The molecule has 0 aliphatic rings. The van der Waals surface area contributed by atoms with Gasteiger partial charge in [0.1, 0.15) is 30.4 Å². The lowest BCUT2D eigenvalue weighted by atomic mass is 10.2. The fourth-order valence-corrected chi connectivity index (χ4v) is 5.33. The summed E-state index contributed by atoms with van der Waals surface area (Å²) in [5.41, 5.74) is 3.91. The van der Waals surface area contributed by atoms with Gasteiger partial charge in [0.25, 0.3) is 21.6 Å². The number of amides is 1. The summed E-state index contributed by atoms with van der Waals surface area (Å²) in [6.45, 7) is -0.366. The van der Waals surface area contributed by atoms with Crippen LogP contribution in [0.4, 0.5) is 11.4 Å². The predicted molar refractivity (Wildman–Crippen MR) is 160 cm³/mol. The number of sulfonamides is 1. The molecule has 1 N–H and O–H groups in total. The molecule has 0 aliphatic heterocycles. The summed E-state index contributed by atoms with van der Waals surface area (Å²) in [5, 5.41) is 14.8. The molecule has 222 valence electrons. The number of anilines is 1. The Morgan fingerprint density at radius 2 is 1.60 bits per heavy atom. The Hall–Kier alpha value is -5.43. The van der Waals surface area contributed by atoms with Crippen LogP contribution >= 0.6 is 0 Å². The van der Waals surface area contributed by atoms with Crippen molar-refractivity contribution in [3.63, 3.8) is 0 Å². The molecule has 0 heterocycles. The van der Waals surface area contributed by atoms with Crippen LogP contribution in [0.3, 0.4) is 0 Å². The monoisotopic (exact) mass is 604 g/mol. The minimum absolute atomic E-state index is 0.00466. The van der Waals surface area contributed by atoms with E-state index in [-0.39, 0.29) is 28.6 Å². The molecule has 4 aromatic carbocycles. The topological polar surface area (TPSA) is 150 Å². The highest BCUT2D eigenvalue weighted by Gasteiger charge is 2.29. The SMILES string of the molecule is COc1ccc(OC)c(N(CC(=O)N/N=C\c2ccc(OCc3ccc([N+](=O)[O-])cc3)cc2)S(=O)(=O)c2ccccc2)c1. The number of hydrogen-bond acceptors (Lipinski definition) is 9. The van der Waals surface area contributed by atoms with Gasteiger partial charge in [0, 0.05) is 18.2 Å². The molecule has 0 saturated heterocycles. The summed E-state index contributed by atoms with van der Waals surface area (Å²) in [7, 11) is -1.34. The van der Waals surface area contributed by atoms with Crippen LogP contribution in [0.15, 0.2) is 107 Å². The van der Waals surface area contributed by atoms with Gasteiger partial charge < -0.3 is 14.2 Å². The third-order valence-corrected chi connectivity index (χ3v) is 7.88. The molecule has 0 aromatic heterocycles. The summed E-state index contributed by atoms with van der Waals surface area (Å²) >= 11 is 0. The van der Waals surface area contributed by atoms with Crippen molar-refractivity contribution in [3.05, 3.63) is 118 Å². The second-order valence-corrected chi connectivity index (χ2v) is 10.8. The van der Waals surface area contributed by atoms with E-state index in [2.05, 4.69) is 10.5 Å². The second-order valence-electron chi connectivity index (χ2n) is 8.94. The van der Waals surface area contributed by atoms with E-state index in [1.54, 1.807) is 66.7 Å². The molecule has 1 amide bonds. The van der Waals surface area contributed by atoms with E-state index in [0.29, 0.717) is 17.1 Å². The number of nitrogens with zero attached hydrogens (tertiary/aromatic N) is 3. The molecule has 0 saturated carbocycles. The van der Waals surface area contributed by atoms with E-state index in [0.717, 1.165) is 9.87 Å². The molecule has 0 radical (unpaired) electrons. The maximum absolute atomic E-state index is 13.6. The number of hydrazone groups is 1. The van der Waals surface area contributed by atoms with Crippen molar-refractivity contribution in [3.8, 4) is 17.2 Å². The lowest BCUT2D eigenvalue weighted by molar-refractivity contribution is -0.384. The molecule has 13 heteroatoms. The summed E-state index contributed by atoms with van der Waals surface area (Å²) in [6, 6.07) is 25.3. The molecule has 12 nitrogen and oxygen atoms in total. The van der Waals surface area contributed by atoms with Crippen molar-refractivity contribution in [2.45, 2.75) is 11.5 Å². The number of carbonyl (C=O) groups excluding carboxylic acids is 1. The first-order chi connectivity index (χ1) is 20.7. The van der Waals surface area contributed by atoms with Crippen molar-refractivity contribution in [1.29, 1.82) is 0 Å². The first-order valence-electron chi connectivity index (χ1n) is 12.8. The van der Waals surface area contributed by atoms with Crippen molar-refractivity contribution < 1.29 is 32.3 Å². The first-order valence-corrected chi connectivity index (χ1v) is 14.2. The zero-order valence-electron chi connectivity index (χ0n) is 23.2. The van der Waals surface area contributed by atoms with E-state index in [1.807, 2.05) is 0 Å². The van der Waals surface area contributed by atoms with Crippen LogP contribution < -0.4 is 23.9 Å². The standard InChI is InChI=1S/C30H28N4O8S/c1-40-26-16-17-29(41-2)28(18-26)33(43(38,39)27-6-4-3-5-7-27)20-30(35)32-31-19-22-10-14-25(15-11-22)42-21-23-8-12-24(13-9-23)34(36)37/h3-19H,20-21H2,1-2H3,(H,32,35)/b31-19-. The van der Waals surface area contributed by atoms with Crippen LogP contribution in [-0.2, 0) is 21.4 Å². The largest absolute Gasteiger partial charge is 0.497 e. The van der Waals surface area contributed by atoms with Gasteiger partial charge in [0.05, 0.1) is 35.9 Å². The molecule has 0 aliphatic carbocycles. The quantitative estimate of drug-likeness (QED) is 0.133. The van der Waals surface area contributed by atoms with Gasteiger partial charge in [-0.2, -0.15) is 5.10 Å². The smallest absolute Gasteiger partial charge is 0.269 e. The maximum atomic E-state index is 13.6. The number of methoxy groups -OCH3 is 2. The Morgan fingerprint density at radius 1 is 0.930 bits per heavy atom. The number of benzene rings is 4. The van der Waals surface area contributed by atoms with Crippen LogP contribution in [0, 0.1) is 10.1 Å². The molecule has 0 unspecified atom stereocenters. The molecular weight excluding hydrogens is 576 g/mol. The van der Waals surface area contributed by atoms with Gasteiger partial charge >= 0.3 is 0 Å². The van der Waals surface area contributed by atoms with Crippen molar-refractivity contribution >= 4 is 33.5 Å². The van der Waals surface area contributed by atoms with Crippen LogP contribution in [0.1, 0.15) is 11.1 Å². The third-order valence-electron chi connectivity index (χ3n) is 6.11. The fourth-order valence-electron chi connectivity index (χ4n) is 3.89. The Labute approximate surface area is 248 Å². The van der Waals surface area contributed by atoms with Crippen molar-refractivity contribution in [1.82, 2.24) is 5.43 Å². The second kappa shape index (κ2) is 14.0. The molecule has 0 atom stereocenters.